The molecule has 0 saturated carbocycles. The molecule has 1 heterocycles. The summed E-state index contributed by atoms with van der Waals surface area (Å²) >= 11 is 1.24. The number of benzene rings is 2. The van der Waals surface area contributed by atoms with Crippen LogP contribution >= 0.6 is 11.8 Å². The molecule has 0 unspecified atom stereocenters. The van der Waals surface area contributed by atoms with Crippen molar-refractivity contribution in [3.63, 3.8) is 0 Å². The first-order valence-corrected chi connectivity index (χ1v) is 12.6. The number of nitrogens with zero attached hydrogens (tertiary/aromatic N) is 3. The number of nitrogens with one attached hydrogen (secondary N) is 2. The van der Waals surface area contributed by atoms with E-state index in [0.29, 0.717) is 16.6 Å². The quantitative estimate of drug-likeness (QED) is 0.218. The highest BCUT2D eigenvalue weighted by molar-refractivity contribution is 7.99. The van der Waals surface area contributed by atoms with Crippen LogP contribution in [0, 0.1) is 20.8 Å². The number of sulfonamides is 1. The third-order valence-electron chi connectivity index (χ3n) is 4.53. The van der Waals surface area contributed by atoms with Crippen LogP contribution < -0.4 is 10.1 Å². The molecule has 0 aliphatic heterocycles. The van der Waals surface area contributed by atoms with Crippen molar-refractivity contribution in [2.24, 2.45) is 5.10 Å². The van der Waals surface area contributed by atoms with Crippen LogP contribution in [-0.4, -0.2) is 35.8 Å². The lowest BCUT2D eigenvalue weighted by Crippen LogP contribution is -2.21. The molecule has 3 aromatic rings. The fourth-order valence-electron chi connectivity index (χ4n) is 2.84. The summed E-state index contributed by atoms with van der Waals surface area (Å²) in [7, 11) is -3.67. The summed E-state index contributed by atoms with van der Waals surface area (Å²) in [5.41, 5.74) is 6.97. The molecule has 0 bridgehead atoms. The molecule has 0 atom stereocenters. The lowest BCUT2D eigenvalue weighted by Gasteiger charge is -2.09. The molecule has 0 spiro atoms. The minimum atomic E-state index is -3.67. The molecule has 10 heteroatoms. The summed E-state index contributed by atoms with van der Waals surface area (Å²) < 4.78 is 27.6. The summed E-state index contributed by atoms with van der Waals surface area (Å²) in [5.74, 6) is -0.135. The summed E-state index contributed by atoms with van der Waals surface area (Å²) in [6, 6.07) is 15.3. The molecule has 3 rings (SSSR count). The van der Waals surface area contributed by atoms with Crippen molar-refractivity contribution in [3.05, 3.63) is 77.1 Å². The van der Waals surface area contributed by atoms with E-state index in [4.69, 9.17) is 0 Å². The minimum Gasteiger partial charge on any atom is -0.280 e. The van der Waals surface area contributed by atoms with Gasteiger partial charge in [0.15, 0.2) is 5.16 Å². The third-order valence-corrected chi connectivity index (χ3v) is 6.77. The van der Waals surface area contributed by atoms with Crippen LogP contribution in [-0.2, 0) is 14.8 Å². The van der Waals surface area contributed by atoms with Crippen molar-refractivity contribution in [3.8, 4) is 0 Å². The number of anilines is 1. The Hall–Kier alpha value is -3.24. The van der Waals surface area contributed by atoms with Gasteiger partial charge in [0.1, 0.15) is 0 Å². The van der Waals surface area contributed by atoms with Gasteiger partial charge in [-0.1, -0.05) is 41.6 Å². The van der Waals surface area contributed by atoms with Gasteiger partial charge in [0.2, 0.25) is 0 Å². The largest absolute Gasteiger partial charge is 0.280 e. The maximum atomic E-state index is 12.5. The van der Waals surface area contributed by atoms with Gasteiger partial charge in [-0.05, 0) is 63.6 Å². The van der Waals surface area contributed by atoms with Gasteiger partial charge >= 0.3 is 0 Å². The Morgan fingerprint density at radius 1 is 0.970 bits per heavy atom. The second kappa shape index (κ2) is 10.6. The van der Waals surface area contributed by atoms with Gasteiger partial charge in [-0.25, -0.2) is 23.8 Å². The first-order valence-electron chi connectivity index (χ1n) is 10.1. The number of carbonyl (C=O) groups excluding carboxylic acids is 1. The second-order valence-corrected chi connectivity index (χ2v) is 10.1. The van der Waals surface area contributed by atoms with Gasteiger partial charge < -0.3 is 0 Å². The van der Waals surface area contributed by atoms with E-state index >= 15 is 0 Å². The maximum Gasteiger partial charge on any atom is 0.261 e. The van der Waals surface area contributed by atoms with Gasteiger partial charge in [-0.3, -0.25) is 9.52 Å². The molecule has 0 aliphatic carbocycles. The number of aryl methyl sites for hydroxylation is 3. The van der Waals surface area contributed by atoms with Gasteiger partial charge in [0, 0.05) is 17.1 Å². The van der Waals surface area contributed by atoms with E-state index in [0.717, 1.165) is 22.5 Å². The zero-order chi connectivity index (χ0) is 24.0. The van der Waals surface area contributed by atoms with E-state index in [1.165, 1.54) is 11.8 Å². The summed E-state index contributed by atoms with van der Waals surface area (Å²) in [6.45, 7) is 7.41. The van der Waals surface area contributed by atoms with Crippen molar-refractivity contribution < 1.29 is 13.2 Å². The highest BCUT2D eigenvalue weighted by Gasteiger charge is 2.14. The van der Waals surface area contributed by atoms with Crippen LogP contribution in [0.5, 0.6) is 0 Å². The van der Waals surface area contributed by atoms with Crippen molar-refractivity contribution in [2.45, 2.75) is 37.7 Å². The smallest absolute Gasteiger partial charge is 0.261 e. The number of hydrazone groups is 1. The average molecular weight is 484 g/mol. The number of thioether (sulfide) groups is 1. The van der Waals surface area contributed by atoms with Crippen LogP contribution in [0.4, 0.5) is 5.69 Å². The van der Waals surface area contributed by atoms with Crippen LogP contribution in [0.1, 0.15) is 29.4 Å². The summed E-state index contributed by atoms with van der Waals surface area (Å²) in [4.78, 5) is 20.9. The predicted molar refractivity (Wildman–Crippen MR) is 131 cm³/mol. The zero-order valence-corrected chi connectivity index (χ0v) is 20.4. The van der Waals surface area contributed by atoms with Crippen LogP contribution in [0.3, 0.4) is 0 Å². The number of hydrogen-bond donors (Lipinski definition) is 2. The van der Waals surface area contributed by atoms with Crippen molar-refractivity contribution in [2.75, 3.05) is 10.5 Å². The predicted octanol–water partition coefficient (Wildman–Crippen LogP) is 3.84. The molecule has 0 radical (unpaired) electrons. The highest BCUT2D eigenvalue weighted by Crippen LogP contribution is 2.18. The topological polar surface area (TPSA) is 113 Å². The molecule has 0 fully saturated rings. The molecular weight excluding hydrogens is 458 g/mol. The Balaban J connectivity index is 1.57. The Kier molecular flexibility index (Phi) is 7.83. The van der Waals surface area contributed by atoms with Gasteiger partial charge in [-0.15, -0.1) is 0 Å². The lowest BCUT2D eigenvalue weighted by molar-refractivity contribution is -0.118. The Morgan fingerprint density at radius 2 is 1.58 bits per heavy atom. The molecular formula is C23H25N5O3S2. The number of amides is 1. The normalized spacial score (nSPS) is 11.8. The monoisotopic (exact) mass is 483 g/mol. The summed E-state index contributed by atoms with van der Waals surface area (Å²) in [6.07, 6.45) is 0. The van der Waals surface area contributed by atoms with E-state index in [9.17, 15) is 13.2 Å². The first-order chi connectivity index (χ1) is 15.6. The maximum absolute atomic E-state index is 12.5. The molecule has 33 heavy (non-hydrogen) atoms. The van der Waals surface area contributed by atoms with Gasteiger partial charge in [-0.2, -0.15) is 5.10 Å². The van der Waals surface area contributed by atoms with Crippen molar-refractivity contribution in [1.82, 2.24) is 15.4 Å². The molecule has 0 saturated heterocycles. The molecule has 2 N–H and O–H groups in total. The van der Waals surface area contributed by atoms with Gasteiger partial charge in [0.25, 0.3) is 15.9 Å². The lowest BCUT2D eigenvalue weighted by atomic mass is 10.1. The number of rotatable bonds is 8. The molecule has 1 amide bonds. The molecule has 172 valence electrons. The van der Waals surface area contributed by atoms with Gasteiger partial charge in [0.05, 0.1) is 16.4 Å². The van der Waals surface area contributed by atoms with E-state index in [1.807, 2.05) is 26.8 Å². The molecule has 2 aromatic carbocycles. The Bertz CT molecular complexity index is 1250. The average Bonchev–Trinajstić information content (AvgIpc) is 2.76. The van der Waals surface area contributed by atoms with Crippen molar-refractivity contribution in [1.29, 1.82) is 0 Å². The fraction of sp³-hybridized carbons (Fsp3) is 0.217. The number of carbonyl (C=O) groups is 1. The van der Waals surface area contributed by atoms with Crippen LogP contribution in [0.2, 0.25) is 0 Å². The Morgan fingerprint density at radius 3 is 2.18 bits per heavy atom. The zero-order valence-electron chi connectivity index (χ0n) is 18.8. The molecule has 1 aromatic heterocycles. The van der Waals surface area contributed by atoms with Crippen LogP contribution in [0.15, 0.2) is 69.8 Å². The molecule has 0 aliphatic rings. The number of aromatic nitrogens is 2. The molecule has 8 nitrogen and oxygen atoms in total. The highest BCUT2D eigenvalue weighted by atomic mass is 32.2. The minimum absolute atomic E-state index is 0.138. The first kappa shape index (κ1) is 24.4. The fourth-order valence-corrected chi connectivity index (χ4v) is 4.64. The van der Waals surface area contributed by atoms with E-state index < -0.39 is 10.0 Å². The second-order valence-electron chi connectivity index (χ2n) is 7.45. The van der Waals surface area contributed by atoms with E-state index in [-0.39, 0.29) is 16.6 Å². The van der Waals surface area contributed by atoms with E-state index in [2.05, 4.69) is 25.2 Å². The number of hydrogen-bond acceptors (Lipinski definition) is 7. The van der Waals surface area contributed by atoms with Crippen LogP contribution in [0.25, 0.3) is 0 Å². The summed E-state index contributed by atoms with van der Waals surface area (Å²) in [5, 5.41) is 4.67. The van der Waals surface area contributed by atoms with E-state index in [1.54, 1.807) is 55.5 Å². The third kappa shape index (κ3) is 7.13. The SMILES string of the molecule is C/C(=N\NC(=O)CSc1nc(C)cc(C)n1)c1ccc(NS(=O)(=O)c2ccc(C)cc2)cc1. The Labute approximate surface area is 198 Å². The van der Waals surface area contributed by atoms with Crippen molar-refractivity contribution >= 4 is 39.1 Å². The standard InChI is InChI=1S/C23H25N5O3S2/c1-15-5-11-21(12-6-15)33(30,31)28-20-9-7-19(8-10-20)18(4)26-27-22(29)14-32-23-24-16(2)13-17(3)25-23/h5-13,28H,14H2,1-4H3,(H,27,29)/b26-18+.